The topological polar surface area (TPSA) is 79.3 Å². The van der Waals surface area contributed by atoms with E-state index in [1.54, 1.807) is 11.8 Å². The zero-order valence-corrected chi connectivity index (χ0v) is 31.3. The molecule has 0 N–H and O–H groups in total. The third-order valence-electron chi connectivity index (χ3n) is 9.90. The minimum absolute atomic E-state index is 0.225. The van der Waals surface area contributed by atoms with Crippen LogP contribution in [0, 0.1) is 13.8 Å². The minimum Gasteiger partial charge on any atom is -0.493 e. The molecule has 0 saturated carbocycles. The van der Waals surface area contributed by atoms with Gasteiger partial charge in [0.05, 0.1) is 25.1 Å². The molecule has 7 rings (SSSR count). The second-order valence-electron chi connectivity index (χ2n) is 13.3. The molecule has 11 heteroatoms. The fourth-order valence-corrected chi connectivity index (χ4v) is 8.42. The van der Waals surface area contributed by atoms with Gasteiger partial charge in [-0.3, -0.25) is 14.3 Å². The number of hydrogen-bond donors (Lipinski definition) is 0. The Bertz CT molecular complexity index is 2250. The summed E-state index contributed by atoms with van der Waals surface area (Å²) in [5.41, 5.74) is 8.25. The van der Waals surface area contributed by atoms with Gasteiger partial charge < -0.3 is 14.0 Å². The largest absolute Gasteiger partial charge is 0.493 e. The van der Waals surface area contributed by atoms with Crippen LogP contribution < -0.4 is 4.74 Å². The second-order valence-corrected chi connectivity index (χ2v) is 14.8. The maximum atomic E-state index is 13.4. The van der Waals surface area contributed by atoms with E-state index in [-0.39, 0.29) is 12.0 Å². The summed E-state index contributed by atoms with van der Waals surface area (Å²) >= 11 is 8.92. The second kappa shape index (κ2) is 13.8. The average molecular weight is 711 g/mol. The van der Waals surface area contributed by atoms with E-state index in [0.29, 0.717) is 43.4 Å². The summed E-state index contributed by atoms with van der Waals surface area (Å²) in [7, 11) is 5.42. The van der Waals surface area contributed by atoms with Crippen LogP contribution in [0.2, 0.25) is 5.02 Å². The third-order valence-corrected chi connectivity index (χ3v) is 11.2. The zero-order valence-electron chi connectivity index (χ0n) is 29.7. The summed E-state index contributed by atoms with van der Waals surface area (Å²) in [4.78, 5) is 17.0. The van der Waals surface area contributed by atoms with Crippen molar-refractivity contribution in [3.63, 3.8) is 0 Å². The summed E-state index contributed by atoms with van der Waals surface area (Å²) in [6.45, 7) is 10.8. The normalized spacial score (nSPS) is 14.6. The molecule has 0 unspecified atom stereocenters. The Morgan fingerprint density at radius 1 is 1.00 bits per heavy atom. The third kappa shape index (κ3) is 6.18. The molecule has 0 fully saturated rings. The number of thioether (sulfide) groups is 1. The lowest BCUT2D eigenvalue weighted by Gasteiger charge is -2.25. The molecule has 260 valence electrons. The number of carbonyl (C=O) groups is 1. The molecule has 3 aromatic carbocycles. The van der Waals surface area contributed by atoms with E-state index in [2.05, 4.69) is 66.6 Å². The fraction of sp³-hybridized carbons (Fsp3) is 0.359. The number of aromatic nitrogens is 5. The van der Waals surface area contributed by atoms with Crippen LogP contribution in [0.25, 0.3) is 32.8 Å². The van der Waals surface area contributed by atoms with Gasteiger partial charge in [0.25, 0.3) is 0 Å². The van der Waals surface area contributed by atoms with Gasteiger partial charge in [0.15, 0.2) is 0 Å². The van der Waals surface area contributed by atoms with Crippen molar-refractivity contribution in [2.24, 2.45) is 14.1 Å². The smallest absolute Gasteiger partial charge is 0.354 e. The Kier molecular flexibility index (Phi) is 9.45. The van der Waals surface area contributed by atoms with Gasteiger partial charge >= 0.3 is 5.97 Å². The monoisotopic (exact) mass is 710 g/mol. The lowest BCUT2D eigenvalue weighted by molar-refractivity contribution is 0.0587. The molecule has 0 aliphatic carbocycles. The van der Waals surface area contributed by atoms with Gasteiger partial charge in [-0.25, -0.2) is 4.79 Å². The number of rotatable bonds is 2. The van der Waals surface area contributed by atoms with Gasteiger partial charge in [-0.05, 0) is 75.4 Å². The number of hydrogen-bond acceptors (Lipinski definition) is 7. The molecule has 9 nitrogen and oxygen atoms in total. The molecule has 0 amide bonds. The van der Waals surface area contributed by atoms with E-state index < -0.39 is 0 Å². The molecule has 0 atom stereocenters. The van der Waals surface area contributed by atoms with Crippen LogP contribution >= 0.6 is 23.4 Å². The first-order valence-electron chi connectivity index (χ1n) is 17.0. The van der Waals surface area contributed by atoms with Crippen molar-refractivity contribution in [2.45, 2.75) is 70.4 Å². The number of ether oxygens (including phenoxy) is 2. The van der Waals surface area contributed by atoms with Crippen LogP contribution in [0.15, 0.2) is 59.5 Å². The quantitative estimate of drug-likeness (QED) is 0.167. The van der Waals surface area contributed by atoms with Crippen LogP contribution in [-0.4, -0.2) is 54.8 Å². The van der Waals surface area contributed by atoms with E-state index in [1.165, 1.54) is 7.11 Å². The summed E-state index contributed by atoms with van der Waals surface area (Å²) < 4.78 is 17.9. The maximum absolute atomic E-state index is 13.4. The molecule has 0 radical (unpaired) electrons. The van der Waals surface area contributed by atoms with Gasteiger partial charge in [-0.2, -0.15) is 10.2 Å². The Hall–Kier alpha value is -4.25. The van der Waals surface area contributed by atoms with Gasteiger partial charge in [-0.1, -0.05) is 35.9 Å². The minimum atomic E-state index is -0.379. The highest BCUT2D eigenvalue weighted by Gasteiger charge is 2.28. The van der Waals surface area contributed by atoms with Crippen LogP contribution in [-0.2, 0) is 44.2 Å². The number of benzene rings is 3. The lowest BCUT2D eigenvalue weighted by Crippen LogP contribution is -2.30. The van der Waals surface area contributed by atoms with E-state index in [4.69, 9.17) is 31.3 Å². The molecule has 8 bridgehead atoms. The summed E-state index contributed by atoms with van der Waals surface area (Å²) in [5.74, 6) is 1.25. The van der Waals surface area contributed by atoms with Crippen molar-refractivity contribution >= 4 is 51.0 Å². The summed E-state index contributed by atoms with van der Waals surface area (Å²) in [6, 6.07) is 19.1. The number of fused-ring (bicyclic) bond motifs is 8. The van der Waals surface area contributed by atoms with Crippen molar-refractivity contribution in [3.8, 4) is 16.9 Å². The van der Waals surface area contributed by atoms with Gasteiger partial charge in [-0.15, -0.1) is 11.8 Å². The van der Waals surface area contributed by atoms with Crippen LogP contribution in [0.5, 0.6) is 5.75 Å². The standard InChI is InChI=1S/C39H43ClN6O3S/c1-23(2)45-20-27-18-28(44(6)41-27)22-50-29-17-26-11-8-9-12-30(26)34(19-29)49-16-10-15-46-33-14-13-31(40)37(35(33)24(3)38(46)39(47)48-7)36-25(4)43(5)42-32(36)21-45/h8-9,11-14,17-19,23H,10,15-16,20-22H2,1-7H3. The Balaban J connectivity index is 1.41. The van der Waals surface area contributed by atoms with E-state index in [9.17, 15) is 4.79 Å². The molecular formula is C39H43ClN6O3S. The fourth-order valence-electron chi connectivity index (χ4n) is 7.18. The van der Waals surface area contributed by atoms with E-state index >= 15 is 0 Å². The first-order chi connectivity index (χ1) is 24.0. The van der Waals surface area contributed by atoms with E-state index in [0.717, 1.165) is 77.5 Å². The Morgan fingerprint density at radius 3 is 2.58 bits per heavy atom. The molecule has 3 aromatic heterocycles. The van der Waals surface area contributed by atoms with Crippen LogP contribution in [0.4, 0.5) is 0 Å². The molecule has 0 saturated heterocycles. The lowest BCUT2D eigenvalue weighted by atomic mass is 9.96. The Labute approximate surface area is 302 Å². The summed E-state index contributed by atoms with van der Waals surface area (Å²) in [6.07, 6.45) is 0.676. The first-order valence-corrected chi connectivity index (χ1v) is 18.4. The van der Waals surface area contributed by atoms with Crippen LogP contribution in [0.3, 0.4) is 0 Å². The molecule has 4 heterocycles. The molecule has 0 spiro atoms. The van der Waals surface area contributed by atoms with Crippen molar-refractivity contribution in [1.29, 1.82) is 0 Å². The number of aryl methyl sites for hydroxylation is 4. The number of esters is 1. The van der Waals surface area contributed by atoms with Gasteiger partial charge in [0, 0.05) is 94.2 Å². The SMILES string of the molecule is COC(=O)c1c(C)c2c3c(Cl)ccc2n1CCCOc1cc(cc2ccccc12)SCc1cc(nn1C)CN(C(C)C)Cc1nn(C)c(C)c1-3. The average Bonchev–Trinajstić information content (AvgIpc) is 3.69. The zero-order chi connectivity index (χ0) is 35.3. The first kappa shape index (κ1) is 34.2. The Morgan fingerprint density at radius 2 is 1.80 bits per heavy atom. The highest BCUT2D eigenvalue weighted by molar-refractivity contribution is 7.98. The highest BCUT2D eigenvalue weighted by atomic mass is 35.5. The molecule has 1 aliphatic heterocycles. The molecular weight excluding hydrogens is 668 g/mol. The number of halogens is 1. The van der Waals surface area contributed by atoms with Gasteiger partial charge in [0.1, 0.15) is 11.4 Å². The van der Waals surface area contributed by atoms with Crippen molar-refractivity contribution in [2.75, 3.05) is 13.7 Å². The predicted octanol–water partition coefficient (Wildman–Crippen LogP) is 8.47. The van der Waals surface area contributed by atoms with Crippen molar-refractivity contribution < 1.29 is 14.3 Å². The molecule has 1 aliphatic rings. The number of nitrogens with zero attached hydrogens (tertiary/aromatic N) is 6. The highest BCUT2D eigenvalue weighted by Crippen LogP contribution is 2.43. The van der Waals surface area contributed by atoms with Crippen molar-refractivity contribution in [3.05, 3.63) is 93.7 Å². The maximum Gasteiger partial charge on any atom is 0.354 e. The number of methoxy groups -OCH3 is 1. The van der Waals surface area contributed by atoms with Gasteiger partial charge in [0.2, 0.25) is 0 Å². The van der Waals surface area contributed by atoms with E-state index in [1.807, 2.05) is 48.6 Å². The van der Waals surface area contributed by atoms with Crippen LogP contribution in [0.1, 0.15) is 59.1 Å². The molecule has 50 heavy (non-hydrogen) atoms. The number of carbonyl (C=O) groups excluding carboxylic acids is 1. The van der Waals surface area contributed by atoms with Crippen molar-refractivity contribution in [1.82, 2.24) is 29.0 Å². The predicted molar refractivity (Wildman–Crippen MR) is 201 cm³/mol. The molecule has 6 aromatic rings. The summed E-state index contributed by atoms with van der Waals surface area (Å²) in [5, 5.41) is 13.7.